The van der Waals surface area contributed by atoms with Gasteiger partial charge in [0.2, 0.25) is 0 Å². The number of nitrogens with zero attached hydrogens (tertiary/aromatic N) is 2. The Morgan fingerprint density at radius 3 is 2.90 bits per heavy atom. The number of nitrogens with two attached hydrogens (primary N) is 1. The lowest BCUT2D eigenvalue weighted by atomic mass is 10.2. The summed E-state index contributed by atoms with van der Waals surface area (Å²) in [6.45, 7) is 4.25. The van der Waals surface area contributed by atoms with Crippen molar-refractivity contribution in [2.45, 2.75) is 26.3 Å². The van der Waals surface area contributed by atoms with Gasteiger partial charge in [0.15, 0.2) is 0 Å². The quantitative estimate of drug-likeness (QED) is 0.714. The van der Waals surface area contributed by atoms with Crippen LogP contribution in [0.2, 0.25) is 0 Å². The van der Waals surface area contributed by atoms with Crippen LogP contribution in [0.25, 0.3) is 10.9 Å². The normalized spacial score (nSPS) is 12.5. The van der Waals surface area contributed by atoms with Crippen molar-refractivity contribution in [3.05, 3.63) is 46.4 Å². The molecule has 3 rings (SSSR count). The van der Waals surface area contributed by atoms with Gasteiger partial charge in [-0.05, 0) is 43.7 Å². The van der Waals surface area contributed by atoms with Gasteiger partial charge in [0.1, 0.15) is 10.8 Å². The molecule has 108 valence electrons. The first-order chi connectivity index (χ1) is 10.2. The average molecular weight is 298 g/mol. The van der Waals surface area contributed by atoms with Gasteiger partial charge in [0.25, 0.3) is 0 Å². The van der Waals surface area contributed by atoms with Gasteiger partial charge in [-0.3, -0.25) is 0 Å². The van der Waals surface area contributed by atoms with Crippen molar-refractivity contribution in [1.82, 2.24) is 9.97 Å². The van der Waals surface area contributed by atoms with Crippen molar-refractivity contribution >= 4 is 33.7 Å². The molecule has 5 heteroatoms. The Kier molecular flexibility index (Phi) is 3.75. The van der Waals surface area contributed by atoms with Crippen LogP contribution in [0.5, 0.6) is 0 Å². The van der Waals surface area contributed by atoms with Crippen LogP contribution in [-0.4, -0.2) is 9.97 Å². The zero-order valence-electron chi connectivity index (χ0n) is 12.1. The number of rotatable bonds is 4. The highest BCUT2D eigenvalue weighted by atomic mass is 32.1. The highest BCUT2D eigenvalue weighted by molar-refractivity contribution is 7.11. The largest absolute Gasteiger partial charge is 0.399 e. The van der Waals surface area contributed by atoms with E-state index in [-0.39, 0.29) is 6.04 Å². The minimum Gasteiger partial charge on any atom is -0.399 e. The molecule has 0 fully saturated rings. The lowest BCUT2D eigenvalue weighted by molar-refractivity contribution is 0.862. The Bertz CT molecular complexity index is 766. The third-order valence-corrected chi connectivity index (χ3v) is 4.69. The molecule has 3 N–H and O–H groups in total. The van der Waals surface area contributed by atoms with E-state index in [0.717, 1.165) is 33.8 Å². The molecule has 2 heterocycles. The first-order valence-electron chi connectivity index (χ1n) is 7.03. The lowest BCUT2D eigenvalue weighted by Crippen LogP contribution is -2.07. The molecule has 3 aromatic rings. The molecule has 0 aliphatic heterocycles. The van der Waals surface area contributed by atoms with Crippen LogP contribution >= 0.6 is 11.3 Å². The number of aromatic nitrogens is 2. The number of thiazole rings is 1. The lowest BCUT2D eigenvalue weighted by Gasteiger charge is -2.12. The second-order valence-electron chi connectivity index (χ2n) is 5.03. The fourth-order valence-corrected chi connectivity index (χ4v) is 3.05. The zero-order valence-corrected chi connectivity index (χ0v) is 12.9. The molecule has 21 heavy (non-hydrogen) atoms. The summed E-state index contributed by atoms with van der Waals surface area (Å²) in [5.41, 5.74) is 7.48. The molecule has 1 aromatic carbocycles. The average Bonchev–Trinajstić information content (AvgIpc) is 2.96. The minimum atomic E-state index is 0.147. The summed E-state index contributed by atoms with van der Waals surface area (Å²) >= 11 is 1.75. The molecular formula is C16H18N4S. The fourth-order valence-electron chi connectivity index (χ4n) is 2.19. The Balaban J connectivity index is 1.82. The smallest absolute Gasteiger partial charge is 0.127 e. The Labute approximate surface area is 128 Å². The van der Waals surface area contributed by atoms with E-state index in [0.29, 0.717) is 0 Å². The summed E-state index contributed by atoms with van der Waals surface area (Å²) in [5.74, 6) is 0.855. The molecule has 4 nitrogen and oxygen atoms in total. The molecule has 0 radical (unpaired) electrons. The summed E-state index contributed by atoms with van der Waals surface area (Å²) in [4.78, 5) is 10.4. The molecule has 1 unspecified atom stereocenters. The van der Waals surface area contributed by atoms with E-state index < -0.39 is 0 Å². The summed E-state index contributed by atoms with van der Waals surface area (Å²) < 4.78 is 0. The Hall–Kier alpha value is -2.14. The van der Waals surface area contributed by atoms with E-state index in [2.05, 4.69) is 29.1 Å². The predicted octanol–water partition coefficient (Wildman–Crippen LogP) is 4.01. The molecule has 0 saturated heterocycles. The highest BCUT2D eigenvalue weighted by Gasteiger charge is 2.10. The number of aryl methyl sites for hydroxylation is 1. The maximum atomic E-state index is 5.78. The van der Waals surface area contributed by atoms with Crippen molar-refractivity contribution in [3.63, 3.8) is 0 Å². The maximum Gasteiger partial charge on any atom is 0.127 e. The number of nitrogen functional groups attached to an aromatic ring is 1. The van der Waals surface area contributed by atoms with E-state index in [1.54, 1.807) is 11.3 Å². The van der Waals surface area contributed by atoms with Gasteiger partial charge < -0.3 is 11.1 Å². The second kappa shape index (κ2) is 5.69. The monoisotopic (exact) mass is 298 g/mol. The maximum absolute atomic E-state index is 5.78. The van der Waals surface area contributed by atoms with E-state index in [4.69, 9.17) is 5.73 Å². The molecule has 0 aliphatic rings. The van der Waals surface area contributed by atoms with Gasteiger partial charge >= 0.3 is 0 Å². The molecule has 1 atom stereocenters. The minimum absolute atomic E-state index is 0.147. The summed E-state index contributed by atoms with van der Waals surface area (Å²) in [6, 6.07) is 9.91. The van der Waals surface area contributed by atoms with E-state index in [1.165, 1.54) is 4.88 Å². The van der Waals surface area contributed by atoms with Gasteiger partial charge in [0, 0.05) is 22.1 Å². The Morgan fingerprint density at radius 1 is 1.29 bits per heavy atom. The topological polar surface area (TPSA) is 63.8 Å². The van der Waals surface area contributed by atoms with Gasteiger partial charge in [0.05, 0.1) is 11.6 Å². The van der Waals surface area contributed by atoms with Crippen LogP contribution < -0.4 is 11.1 Å². The first-order valence-corrected chi connectivity index (χ1v) is 7.85. The Morgan fingerprint density at radius 2 is 2.14 bits per heavy atom. The number of nitrogens with one attached hydrogen (secondary N) is 1. The van der Waals surface area contributed by atoms with Crippen molar-refractivity contribution < 1.29 is 0 Å². The molecule has 0 spiro atoms. The number of hydrogen-bond acceptors (Lipinski definition) is 5. The summed E-state index contributed by atoms with van der Waals surface area (Å²) in [7, 11) is 0. The van der Waals surface area contributed by atoms with Gasteiger partial charge in [-0.1, -0.05) is 6.92 Å². The fraction of sp³-hybridized carbons (Fsp3) is 0.250. The molecule has 0 bridgehead atoms. The SMILES string of the molecule is CCc1cnc(C(C)Nc2ccc3cc(N)ccc3n2)s1. The third-order valence-electron chi connectivity index (χ3n) is 3.37. The van der Waals surface area contributed by atoms with Crippen LogP contribution in [0.3, 0.4) is 0 Å². The van der Waals surface area contributed by atoms with Crippen molar-refractivity contribution in [2.75, 3.05) is 11.1 Å². The first kappa shape index (κ1) is 13.8. The third kappa shape index (κ3) is 2.97. The summed E-state index contributed by atoms with van der Waals surface area (Å²) in [6.07, 6.45) is 2.98. The van der Waals surface area contributed by atoms with Crippen LogP contribution in [0.1, 0.15) is 29.8 Å². The molecular weight excluding hydrogens is 280 g/mol. The van der Waals surface area contributed by atoms with Crippen LogP contribution in [-0.2, 0) is 6.42 Å². The van der Waals surface area contributed by atoms with Crippen LogP contribution in [0, 0.1) is 0 Å². The second-order valence-corrected chi connectivity index (χ2v) is 6.18. The number of benzene rings is 1. The van der Waals surface area contributed by atoms with Crippen molar-refractivity contribution in [1.29, 1.82) is 0 Å². The van der Waals surface area contributed by atoms with Gasteiger partial charge in [-0.15, -0.1) is 11.3 Å². The number of hydrogen-bond donors (Lipinski definition) is 2. The van der Waals surface area contributed by atoms with E-state index in [1.807, 2.05) is 36.5 Å². The van der Waals surface area contributed by atoms with E-state index in [9.17, 15) is 0 Å². The van der Waals surface area contributed by atoms with Crippen LogP contribution in [0.15, 0.2) is 36.5 Å². The van der Waals surface area contributed by atoms with E-state index >= 15 is 0 Å². The standard InChI is InChI=1S/C16H18N4S/c1-3-13-9-18-16(21-13)10(2)19-15-7-4-11-8-12(17)5-6-14(11)20-15/h4-10H,3,17H2,1-2H3,(H,19,20). The molecule has 0 aliphatic carbocycles. The number of anilines is 2. The van der Waals surface area contributed by atoms with Crippen molar-refractivity contribution in [3.8, 4) is 0 Å². The van der Waals surface area contributed by atoms with Crippen molar-refractivity contribution in [2.24, 2.45) is 0 Å². The number of pyridine rings is 1. The van der Waals surface area contributed by atoms with Gasteiger partial charge in [-0.25, -0.2) is 9.97 Å². The number of fused-ring (bicyclic) bond motifs is 1. The molecule has 2 aromatic heterocycles. The summed E-state index contributed by atoms with van der Waals surface area (Å²) in [5, 5.41) is 5.55. The zero-order chi connectivity index (χ0) is 14.8. The predicted molar refractivity (Wildman–Crippen MR) is 89.7 cm³/mol. The highest BCUT2D eigenvalue weighted by Crippen LogP contribution is 2.24. The molecule has 0 saturated carbocycles. The molecule has 0 amide bonds. The van der Waals surface area contributed by atoms with Gasteiger partial charge in [-0.2, -0.15) is 0 Å². The van der Waals surface area contributed by atoms with Crippen LogP contribution in [0.4, 0.5) is 11.5 Å².